The first-order valence-electron chi connectivity index (χ1n) is 5.78. The van der Waals surface area contributed by atoms with Gasteiger partial charge in [-0.3, -0.25) is 0 Å². The van der Waals surface area contributed by atoms with E-state index in [4.69, 9.17) is 10.4 Å². The zero-order chi connectivity index (χ0) is 15.2. The lowest BCUT2D eigenvalue weighted by molar-refractivity contribution is 0.0695. The lowest BCUT2D eigenvalue weighted by atomic mass is 10.2. The van der Waals surface area contributed by atoms with E-state index in [1.807, 2.05) is 6.07 Å². The van der Waals surface area contributed by atoms with E-state index in [0.29, 0.717) is 23.7 Å². The molecule has 1 aromatic rings. The molecular weight excluding hydrogens is 348 g/mol. The SMILES string of the molecule is N#CCCCCNS(=O)(=O)c1ccc(Br)c(C(=O)O)c1. The number of sulfonamides is 1. The second kappa shape index (κ2) is 7.38. The van der Waals surface area contributed by atoms with Gasteiger partial charge in [-0.1, -0.05) is 0 Å². The highest BCUT2D eigenvalue weighted by Gasteiger charge is 2.17. The summed E-state index contributed by atoms with van der Waals surface area (Å²) in [5.41, 5.74) is -0.114. The third kappa shape index (κ3) is 4.59. The molecule has 0 bridgehead atoms. The summed E-state index contributed by atoms with van der Waals surface area (Å²) < 4.78 is 26.6. The van der Waals surface area contributed by atoms with Crippen molar-refractivity contribution in [2.45, 2.75) is 24.2 Å². The first-order valence-corrected chi connectivity index (χ1v) is 8.05. The highest BCUT2D eigenvalue weighted by Crippen LogP contribution is 2.21. The fourth-order valence-electron chi connectivity index (χ4n) is 1.45. The largest absolute Gasteiger partial charge is 0.478 e. The van der Waals surface area contributed by atoms with E-state index >= 15 is 0 Å². The number of unbranched alkanes of at least 4 members (excludes halogenated alkanes) is 2. The molecule has 108 valence electrons. The molecule has 0 aliphatic carbocycles. The van der Waals surface area contributed by atoms with E-state index in [-0.39, 0.29) is 17.0 Å². The van der Waals surface area contributed by atoms with Gasteiger partial charge in [-0.2, -0.15) is 5.26 Å². The Morgan fingerprint density at radius 1 is 1.40 bits per heavy atom. The van der Waals surface area contributed by atoms with Crippen LogP contribution in [0, 0.1) is 11.3 Å². The van der Waals surface area contributed by atoms with Crippen LogP contribution in [0.5, 0.6) is 0 Å². The Kier molecular flexibility index (Phi) is 6.13. The molecule has 0 fully saturated rings. The van der Waals surface area contributed by atoms with Crippen LogP contribution in [0.25, 0.3) is 0 Å². The fraction of sp³-hybridized carbons (Fsp3) is 0.333. The number of nitriles is 1. The number of nitrogens with one attached hydrogen (secondary N) is 1. The van der Waals surface area contributed by atoms with Crippen molar-refractivity contribution in [1.82, 2.24) is 4.72 Å². The standard InChI is InChI=1S/C12H13BrN2O4S/c13-11-5-4-9(8-10(11)12(16)17)20(18,19)15-7-3-1-2-6-14/h4-5,8,15H,1-3,7H2,(H,16,17). The third-order valence-electron chi connectivity index (χ3n) is 2.49. The lowest BCUT2D eigenvalue weighted by Crippen LogP contribution is -2.25. The number of hydrogen-bond donors (Lipinski definition) is 2. The highest BCUT2D eigenvalue weighted by molar-refractivity contribution is 9.10. The summed E-state index contributed by atoms with van der Waals surface area (Å²) in [5, 5.41) is 17.3. The van der Waals surface area contributed by atoms with Crippen LogP contribution >= 0.6 is 15.9 Å². The van der Waals surface area contributed by atoms with E-state index in [2.05, 4.69) is 20.7 Å². The Morgan fingerprint density at radius 2 is 2.10 bits per heavy atom. The number of carboxylic acid groups (broad SMARTS) is 1. The van der Waals surface area contributed by atoms with E-state index in [1.165, 1.54) is 12.1 Å². The number of carbonyl (C=O) groups is 1. The summed E-state index contributed by atoms with van der Waals surface area (Å²) >= 11 is 3.05. The summed E-state index contributed by atoms with van der Waals surface area (Å²) in [6.07, 6.45) is 1.54. The van der Waals surface area contributed by atoms with E-state index in [0.717, 1.165) is 6.07 Å². The summed E-state index contributed by atoms with van der Waals surface area (Å²) in [4.78, 5) is 10.9. The quantitative estimate of drug-likeness (QED) is 0.724. The molecule has 0 atom stereocenters. The van der Waals surface area contributed by atoms with E-state index in [1.54, 1.807) is 0 Å². The number of benzene rings is 1. The van der Waals surface area contributed by atoms with Crippen LogP contribution in [0.4, 0.5) is 0 Å². The maximum Gasteiger partial charge on any atom is 0.336 e. The fourth-order valence-corrected chi connectivity index (χ4v) is 2.97. The Bertz CT molecular complexity index is 637. The van der Waals surface area contributed by atoms with Gasteiger partial charge in [0.25, 0.3) is 0 Å². The van der Waals surface area contributed by atoms with Gasteiger partial charge in [0.05, 0.1) is 16.5 Å². The first-order chi connectivity index (χ1) is 9.38. The summed E-state index contributed by atoms with van der Waals surface area (Å²) in [6.45, 7) is 0.211. The highest BCUT2D eigenvalue weighted by atomic mass is 79.9. The van der Waals surface area contributed by atoms with Crippen molar-refractivity contribution in [3.63, 3.8) is 0 Å². The van der Waals surface area contributed by atoms with Crippen LogP contribution in [0.2, 0.25) is 0 Å². The van der Waals surface area contributed by atoms with Gasteiger partial charge in [-0.05, 0) is 47.0 Å². The van der Waals surface area contributed by atoms with Crippen LogP contribution in [0.3, 0.4) is 0 Å². The second-order valence-electron chi connectivity index (χ2n) is 3.96. The van der Waals surface area contributed by atoms with Crippen molar-refractivity contribution in [1.29, 1.82) is 5.26 Å². The smallest absolute Gasteiger partial charge is 0.336 e. The molecule has 0 heterocycles. The predicted molar refractivity (Wildman–Crippen MR) is 75.8 cm³/mol. The van der Waals surface area contributed by atoms with Gasteiger partial charge in [0, 0.05) is 17.4 Å². The van der Waals surface area contributed by atoms with Crippen LogP contribution in [0.15, 0.2) is 27.6 Å². The Labute approximate surface area is 125 Å². The second-order valence-corrected chi connectivity index (χ2v) is 6.58. The van der Waals surface area contributed by atoms with Crippen molar-refractivity contribution < 1.29 is 18.3 Å². The lowest BCUT2D eigenvalue weighted by Gasteiger charge is -2.08. The van der Waals surface area contributed by atoms with Crippen LogP contribution in [0.1, 0.15) is 29.6 Å². The molecule has 0 radical (unpaired) electrons. The molecule has 8 heteroatoms. The van der Waals surface area contributed by atoms with Crippen molar-refractivity contribution in [2.24, 2.45) is 0 Å². The van der Waals surface area contributed by atoms with Gasteiger partial charge in [-0.15, -0.1) is 0 Å². The average molecular weight is 361 g/mol. The summed E-state index contributed by atoms with van der Waals surface area (Å²) in [5.74, 6) is -1.21. The number of aromatic carboxylic acids is 1. The summed E-state index contributed by atoms with van der Waals surface area (Å²) in [7, 11) is -3.74. The molecule has 0 saturated carbocycles. The first kappa shape index (κ1) is 16.6. The zero-order valence-corrected chi connectivity index (χ0v) is 12.9. The van der Waals surface area contributed by atoms with Crippen LogP contribution in [-0.2, 0) is 10.0 Å². The molecular formula is C12H13BrN2O4S. The molecule has 1 rings (SSSR count). The average Bonchev–Trinajstić information content (AvgIpc) is 2.38. The monoisotopic (exact) mass is 360 g/mol. The van der Waals surface area contributed by atoms with Crippen molar-refractivity contribution >= 4 is 31.9 Å². The predicted octanol–water partition coefficient (Wildman–Crippen LogP) is 2.12. The molecule has 1 aromatic carbocycles. The topological polar surface area (TPSA) is 107 Å². The zero-order valence-electron chi connectivity index (χ0n) is 10.5. The van der Waals surface area contributed by atoms with Gasteiger partial charge in [0.2, 0.25) is 10.0 Å². The minimum atomic E-state index is -3.74. The molecule has 0 amide bonds. The van der Waals surface area contributed by atoms with E-state index in [9.17, 15) is 13.2 Å². The molecule has 0 unspecified atom stereocenters. The number of nitrogens with zero attached hydrogens (tertiary/aromatic N) is 1. The van der Waals surface area contributed by atoms with Crippen molar-refractivity contribution in [2.75, 3.05) is 6.54 Å². The van der Waals surface area contributed by atoms with Crippen LogP contribution in [-0.4, -0.2) is 26.0 Å². The molecule has 0 aliphatic rings. The van der Waals surface area contributed by atoms with Gasteiger partial charge >= 0.3 is 5.97 Å². The van der Waals surface area contributed by atoms with Gasteiger partial charge < -0.3 is 5.11 Å². The van der Waals surface area contributed by atoms with Gasteiger partial charge in [0.15, 0.2) is 0 Å². The van der Waals surface area contributed by atoms with Crippen LogP contribution < -0.4 is 4.72 Å². The Balaban J connectivity index is 2.80. The Morgan fingerprint density at radius 3 is 2.70 bits per heavy atom. The molecule has 2 N–H and O–H groups in total. The maximum atomic E-state index is 12.0. The molecule has 6 nitrogen and oxygen atoms in total. The molecule has 0 saturated heterocycles. The number of halogens is 1. The number of rotatable bonds is 7. The Hall–Kier alpha value is -1.43. The van der Waals surface area contributed by atoms with E-state index < -0.39 is 16.0 Å². The van der Waals surface area contributed by atoms with Gasteiger partial charge in [0.1, 0.15) is 0 Å². The number of carboxylic acids is 1. The summed E-state index contributed by atoms with van der Waals surface area (Å²) in [6, 6.07) is 5.79. The molecule has 20 heavy (non-hydrogen) atoms. The third-order valence-corrected chi connectivity index (χ3v) is 4.64. The minimum Gasteiger partial charge on any atom is -0.478 e. The number of hydrogen-bond acceptors (Lipinski definition) is 4. The van der Waals surface area contributed by atoms with Gasteiger partial charge in [-0.25, -0.2) is 17.9 Å². The minimum absolute atomic E-state index is 0.0987. The molecule has 0 aromatic heterocycles. The van der Waals surface area contributed by atoms with Crippen molar-refractivity contribution in [3.8, 4) is 6.07 Å². The normalized spacial score (nSPS) is 11.0. The van der Waals surface area contributed by atoms with Crippen molar-refractivity contribution in [3.05, 3.63) is 28.2 Å². The molecule has 0 aliphatic heterocycles. The maximum absolute atomic E-state index is 12.0. The molecule has 0 spiro atoms.